The molecule has 0 aliphatic carbocycles. The van der Waals surface area contributed by atoms with Crippen molar-refractivity contribution in [1.82, 2.24) is 0 Å². The molecule has 336 valence electrons. The van der Waals surface area contributed by atoms with E-state index in [1.54, 1.807) is 0 Å². The predicted octanol–water partition coefficient (Wildman–Crippen LogP) is 17.9. The summed E-state index contributed by atoms with van der Waals surface area (Å²) in [6.45, 7) is 14.0. The molecule has 0 bridgehead atoms. The molecule has 8 aromatic carbocycles. The van der Waals surface area contributed by atoms with Crippen LogP contribution in [0.4, 0.5) is 34.1 Å². The summed E-state index contributed by atoms with van der Waals surface area (Å²) < 4.78 is 6.68. The normalized spacial score (nSPS) is 13.2. The SMILES string of the molecule is Cc1cc2c3c(c1)N(c1c(C)cc(-c4cc5ccccc5s4)cc1C)c1c(sc4ccc(C(C)(C)C)cc14)B3c1ccc(-c3cc4ccccc4s3)cc1N2c1cccc(-c2cc3ccccc3s2)c1. The van der Waals surface area contributed by atoms with Gasteiger partial charge in [0.05, 0.1) is 11.4 Å². The summed E-state index contributed by atoms with van der Waals surface area (Å²) >= 11 is 7.62. The number of nitrogens with zero attached hydrogens (tertiary/aromatic N) is 2. The number of fused-ring (bicyclic) bond motifs is 9. The van der Waals surface area contributed by atoms with Gasteiger partial charge >= 0.3 is 0 Å². The van der Waals surface area contributed by atoms with Gasteiger partial charge < -0.3 is 9.80 Å². The van der Waals surface area contributed by atoms with Crippen LogP contribution >= 0.6 is 45.3 Å². The second-order valence-corrected chi connectivity index (χ2v) is 24.7. The van der Waals surface area contributed by atoms with Crippen LogP contribution in [0.5, 0.6) is 0 Å². The lowest BCUT2D eigenvalue weighted by Crippen LogP contribution is -2.60. The van der Waals surface area contributed by atoms with Crippen molar-refractivity contribution >= 4 is 142 Å². The van der Waals surface area contributed by atoms with E-state index in [2.05, 4.69) is 227 Å². The monoisotopic (exact) mass is 970 g/mol. The maximum atomic E-state index is 2.69. The minimum absolute atomic E-state index is 0.00673. The highest BCUT2D eigenvalue weighted by Gasteiger charge is 2.46. The lowest BCUT2D eigenvalue weighted by atomic mass is 9.36. The topological polar surface area (TPSA) is 6.48 Å². The molecule has 0 fully saturated rings. The van der Waals surface area contributed by atoms with Gasteiger partial charge in [-0.1, -0.05) is 106 Å². The van der Waals surface area contributed by atoms with Gasteiger partial charge in [-0.15, -0.1) is 45.3 Å². The van der Waals surface area contributed by atoms with Crippen LogP contribution < -0.4 is 25.5 Å². The molecule has 0 unspecified atom stereocenters. The molecule has 7 heteroatoms. The molecule has 0 amide bonds. The summed E-state index contributed by atoms with van der Waals surface area (Å²) in [4.78, 5) is 9.16. The Hall–Kier alpha value is -6.74. The molecule has 2 nitrogen and oxygen atoms in total. The molecule has 0 spiro atoms. The summed E-state index contributed by atoms with van der Waals surface area (Å²) in [5.74, 6) is 0. The summed E-state index contributed by atoms with van der Waals surface area (Å²) in [5, 5.41) is 5.21. The van der Waals surface area contributed by atoms with Gasteiger partial charge in [-0.25, -0.2) is 0 Å². The molecule has 4 aromatic heterocycles. The minimum atomic E-state index is -0.00673. The zero-order valence-corrected chi connectivity index (χ0v) is 43.1. The maximum absolute atomic E-state index is 2.69. The highest BCUT2D eigenvalue weighted by atomic mass is 32.1. The Morgan fingerprint density at radius 2 is 1.00 bits per heavy atom. The molecule has 14 rings (SSSR count). The van der Waals surface area contributed by atoms with E-state index in [1.165, 1.54) is 144 Å². The molecular formula is C63H47BN2S4. The summed E-state index contributed by atoms with van der Waals surface area (Å²) in [6, 6.07) is 67.1. The summed E-state index contributed by atoms with van der Waals surface area (Å²) in [7, 11) is 0. The van der Waals surface area contributed by atoms with E-state index in [-0.39, 0.29) is 12.1 Å². The first-order valence-electron chi connectivity index (χ1n) is 24.2. The van der Waals surface area contributed by atoms with Crippen molar-refractivity contribution < 1.29 is 0 Å². The Morgan fingerprint density at radius 1 is 0.429 bits per heavy atom. The largest absolute Gasteiger partial charge is 0.311 e. The van der Waals surface area contributed by atoms with Gasteiger partial charge in [0.15, 0.2) is 0 Å². The Bertz CT molecular complexity index is 4020. The number of benzene rings is 8. The van der Waals surface area contributed by atoms with Crippen molar-refractivity contribution in [3.8, 4) is 31.3 Å². The average Bonchev–Trinajstić information content (AvgIpc) is 4.17. The molecule has 6 heterocycles. The molecule has 0 saturated heterocycles. The van der Waals surface area contributed by atoms with Gasteiger partial charge in [0.2, 0.25) is 0 Å². The fourth-order valence-electron chi connectivity index (χ4n) is 11.4. The molecule has 12 aromatic rings. The molecule has 70 heavy (non-hydrogen) atoms. The maximum Gasteiger partial charge on any atom is 0.264 e. The van der Waals surface area contributed by atoms with Gasteiger partial charge in [0, 0.05) is 66.3 Å². The number of thiophene rings is 4. The standard InChI is InChI=1S/C63H47BN2S4/c1-36-26-50-59-51(27-36)66(60-37(2)28-44(29-38(60)3)58-34-42-16-9-12-21-54(42)69-58)61-47-35-45(63(4,5)6)23-25-55(47)70-62(61)64(59)48-24-22-43(57-33-41-15-8-11-20-53(41)68-57)31-49(48)65(50)46-18-13-17-39(30-46)56-32-40-14-7-10-19-52(40)67-56/h7-35H,1-6H3. The van der Waals surface area contributed by atoms with Crippen molar-refractivity contribution in [3.05, 3.63) is 198 Å². The Kier molecular flexibility index (Phi) is 9.42. The highest BCUT2D eigenvalue weighted by Crippen LogP contribution is 2.52. The fourth-order valence-corrected chi connectivity index (χ4v) is 15.8. The fraction of sp³-hybridized carbons (Fsp3) is 0.111. The van der Waals surface area contributed by atoms with Crippen molar-refractivity contribution in [2.75, 3.05) is 9.80 Å². The number of aryl methyl sites for hydroxylation is 3. The van der Waals surface area contributed by atoms with Gasteiger partial charge in [0.25, 0.3) is 6.71 Å². The lowest BCUT2D eigenvalue weighted by molar-refractivity contribution is 0.591. The Morgan fingerprint density at radius 3 is 1.60 bits per heavy atom. The van der Waals surface area contributed by atoms with Crippen LogP contribution in [0.1, 0.15) is 43.0 Å². The lowest BCUT2D eigenvalue weighted by Gasteiger charge is -2.44. The van der Waals surface area contributed by atoms with E-state index < -0.39 is 0 Å². The van der Waals surface area contributed by atoms with Crippen LogP contribution in [0.3, 0.4) is 0 Å². The van der Waals surface area contributed by atoms with Crippen LogP contribution in [0.15, 0.2) is 176 Å². The van der Waals surface area contributed by atoms with Gasteiger partial charge in [-0.05, 0) is 183 Å². The second-order valence-electron chi connectivity index (χ2n) is 20.3. The third-order valence-electron chi connectivity index (χ3n) is 14.6. The molecule has 0 radical (unpaired) electrons. The van der Waals surface area contributed by atoms with E-state index in [0.29, 0.717) is 0 Å². The van der Waals surface area contributed by atoms with E-state index in [9.17, 15) is 0 Å². The minimum Gasteiger partial charge on any atom is -0.311 e. The highest BCUT2D eigenvalue weighted by molar-refractivity contribution is 7.33. The molecule has 2 aliphatic rings. The predicted molar refractivity (Wildman–Crippen MR) is 311 cm³/mol. The Balaban J connectivity index is 1.04. The van der Waals surface area contributed by atoms with Crippen LogP contribution in [-0.2, 0) is 5.41 Å². The third kappa shape index (κ3) is 6.55. The number of rotatable bonds is 5. The quantitative estimate of drug-likeness (QED) is 0.159. The van der Waals surface area contributed by atoms with Crippen LogP contribution in [0.2, 0.25) is 0 Å². The first-order valence-corrected chi connectivity index (χ1v) is 27.4. The van der Waals surface area contributed by atoms with Crippen LogP contribution in [0, 0.1) is 20.8 Å². The van der Waals surface area contributed by atoms with E-state index in [4.69, 9.17) is 0 Å². The van der Waals surface area contributed by atoms with Gasteiger partial charge in [-0.2, -0.15) is 0 Å². The Labute approximate surface area is 425 Å². The van der Waals surface area contributed by atoms with Crippen LogP contribution in [0.25, 0.3) is 71.7 Å². The second kappa shape index (κ2) is 15.6. The number of hydrogen-bond acceptors (Lipinski definition) is 6. The van der Waals surface area contributed by atoms with Gasteiger partial charge in [-0.3, -0.25) is 0 Å². The van der Waals surface area contributed by atoms with Crippen molar-refractivity contribution in [1.29, 1.82) is 0 Å². The molecule has 0 saturated carbocycles. The molecule has 2 aliphatic heterocycles. The third-order valence-corrected chi connectivity index (χ3v) is 19.3. The molecule has 0 N–H and O–H groups in total. The zero-order valence-electron chi connectivity index (χ0n) is 39.8. The van der Waals surface area contributed by atoms with Crippen molar-refractivity contribution in [2.45, 2.75) is 47.0 Å². The van der Waals surface area contributed by atoms with E-state index in [0.717, 1.165) is 0 Å². The first-order chi connectivity index (χ1) is 34.0. The average molecular weight is 971 g/mol. The van der Waals surface area contributed by atoms with Crippen LogP contribution in [-0.4, -0.2) is 6.71 Å². The van der Waals surface area contributed by atoms with E-state index >= 15 is 0 Å². The first kappa shape index (κ1) is 42.2. The molecular weight excluding hydrogens is 924 g/mol. The summed E-state index contributed by atoms with van der Waals surface area (Å²) in [6.07, 6.45) is 0. The van der Waals surface area contributed by atoms with Crippen molar-refractivity contribution in [3.63, 3.8) is 0 Å². The van der Waals surface area contributed by atoms with Gasteiger partial charge in [0.1, 0.15) is 0 Å². The number of anilines is 6. The smallest absolute Gasteiger partial charge is 0.264 e. The summed E-state index contributed by atoms with van der Waals surface area (Å²) in [5.41, 5.74) is 19.1. The molecule has 0 atom stereocenters. The van der Waals surface area contributed by atoms with E-state index in [1.807, 2.05) is 45.3 Å². The van der Waals surface area contributed by atoms with Crippen molar-refractivity contribution in [2.24, 2.45) is 0 Å². The number of hydrogen-bond donors (Lipinski definition) is 0. The zero-order chi connectivity index (χ0) is 47.2.